The molecule has 6 rings (SSSR count). The maximum Gasteiger partial charge on any atom is 0.410 e. The molecule has 3 unspecified atom stereocenters. The molecule has 4 aromatic carbocycles. The first-order chi connectivity index (χ1) is 28.2. The lowest BCUT2D eigenvalue weighted by molar-refractivity contribution is -0.145. The first-order valence-electron chi connectivity index (χ1n) is 20.1. The number of amides is 4. The van der Waals surface area contributed by atoms with E-state index in [1.54, 1.807) is 69.0 Å². The molecule has 0 aromatic heterocycles. The Kier molecular flexibility index (Phi) is 13.4. The number of carbonyl (C=O) groups excluding carboxylic acids is 5. The third-order valence-corrected chi connectivity index (χ3v) is 10.9. The number of nitrogens with one attached hydrogen (secondary N) is 2. The number of ether oxygens (including phenoxy) is 3. The van der Waals surface area contributed by atoms with Gasteiger partial charge in [0.05, 0.1) is 18.7 Å². The maximum absolute atomic E-state index is 15.0. The number of rotatable bonds is 12. The van der Waals surface area contributed by atoms with Gasteiger partial charge in [-0.1, -0.05) is 72.8 Å². The summed E-state index contributed by atoms with van der Waals surface area (Å²) in [4.78, 5) is 70.8. The lowest BCUT2D eigenvalue weighted by Crippen LogP contribution is -2.60. The van der Waals surface area contributed by atoms with Crippen molar-refractivity contribution in [2.75, 3.05) is 14.2 Å². The number of nitrogens with zero attached hydrogens (tertiary/aromatic N) is 2. The summed E-state index contributed by atoms with van der Waals surface area (Å²) in [6, 6.07) is 27.0. The normalized spacial score (nSPS) is 16.9. The number of benzene rings is 4. The predicted octanol–water partition coefficient (Wildman–Crippen LogP) is 6.48. The Balaban J connectivity index is 1.24. The molecule has 310 valence electrons. The van der Waals surface area contributed by atoms with Crippen molar-refractivity contribution >= 4 is 29.8 Å². The first-order valence-corrected chi connectivity index (χ1v) is 20.1. The average molecular weight is 803 g/mol. The molecule has 2 N–H and O–H groups in total. The van der Waals surface area contributed by atoms with E-state index in [9.17, 15) is 24.0 Å². The summed E-state index contributed by atoms with van der Waals surface area (Å²) in [5.41, 5.74) is 5.49. The number of fused-ring (bicyclic) bond motifs is 2. The Morgan fingerprint density at radius 1 is 0.847 bits per heavy atom. The summed E-state index contributed by atoms with van der Waals surface area (Å²) >= 11 is 0. The summed E-state index contributed by atoms with van der Waals surface area (Å²) in [5, 5.41) is 6.22. The predicted molar refractivity (Wildman–Crippen MR) is 222 cm³/mol. The van der Waals surface area contributed by atoms with Crippen LogP contribution in [0.4, 0.5) is 4.79 Å². The molecule has 4 atom stereocenters. The van der Waals surface area contributed by atoms with Gasteiger partial charge in [0, 0.05) is 26.4 Å². The summed E-state index contributed by atoms with van der Waals surface area (Å²) in [7, 11) is 2.81. The van der Waals surface area contributed by atoms with Crippen LogP contribution in [0.5, 0.6) is 5.75 Å². The first kappa shape index (κ1) is 42.4. The smallest absolute Gasteiger partial charge is 0.410 e. The van der Waals surface area contributed by atoms with Crippen LogP contribution in [0.25, 0.3) is 0 Å². The fourth-order valence-electron chi connectivity index (χ4n) is 7.50. The van der Waals surface area contributed by atoms with Crippen molar-refractivity contribution in [3.05, 3.63) is 136 Å². The highest BCUT2D eigenvalue weighted by Gasteiger charge is 2.40. The van der Waals surface area contributed by atoms with Crippen molar-refractivity contribution < 1.29 is 38.2 Å². The number of methoxy groups -OCH3 is 1. The Labute approximate surface area is 346 Å². The van der Waals surface area contributed by atoms with Crippen LogP contribution in [0.15, 0.2) is 97.1 Å². The Morgan fingerprint density at radius 3 is 2.17 bits per heavy atom. The average Bonchev–Trinajstić information content (AvgIpc) is 3.24. The highest BCUT2D eigenvalue weighted by Crippen LogP contribution is 2.31. The molecule has 4 aromatic rings. The molecule has 0 saturated carbocycles. The zero-order valence-corrected chi connectivity index (χ0v) is 34.7. The molecule has 0 saturated heterocycles. The summed E-state index contributed by atoms with van der Waals surface area (Å²) in [5.74, 6) is -1.05. The molecule has 12 heteroatoms. The third kappa shape index (κ3) is 10.7. The van der Waals surface area contributed by atoms with Gasteiger partial charge in [0.25, 0.3) is 0 Å². The lowest BCUT2D eigenvalue weighted by Gasteiger charge is -2.39. The minimum Gasteiger partial charge on any atom is -0.489 e. The molecule has 2 aliphatic rings. The van der Waals surface area contributed by atoms with Crippen LogP contribution in [0, 0.1) is 0 Å². The van der Waals surface area contributed by atoms with Gasteiger partial charge in [-0.05, 0) is 105 Å². The highest BCUT2D eigenvalue weighted by atomic mass is 16.6. The summed E-state index contributed by atoms with van der Waals surface area (Å²) < 4.78 is 16.3. The van der Waals surface area contributed by atoms with E-state index >= 15 is 0 Å². The maximum atomic E-state index is 15.0. The standard InChI is InChI=1S/C47H54N4O8/c1-30(50(5)46(56)59-47(2,3)4)42(52)49-40(26-31-20-24-37(25-21-31)58-29-32-18-22-34(23-19-32)45(55)57-6)44(54)51-28-36-14-8-7-13-35(36)27-41(51)43(53)48-39-17-11-15-33-12-9-10-16-38(33)39/h7-10,12-14,16,18-25,30,39-41H,11,15,17,26-29H2,1-6H3,(H,48,53)(H,49,52)/t30?,39-,40?,41?/m1/s1. The molecule has 0 bridgehead atoms. The van der Waals surface area contributed by atoms with E-state index in [0.717, 1.165) is 47.1 Å². The molecule has 1 heterocycles. The number of hydrogen-bond acceptors (Lipinski definition) is 8. The molecule has 59 heavy (non-hydrogen) atoms. The van der Waals surface area contributed by atoms with Gasteiger partial charge in [-0.2, -0.15) is 0 Å². The van der Waals surface area contributed by atoms with E-state index in [-0.39, 0.29) is 31.5 Å². The zero-order valence-electron chi connectivity index (χ0n) is 34.7. The number of aryl methyl sites for hydroxylation is 1. The SMILES string of the molecule is COC(=O)c1ccc(COc2ccc(CC(NC(=O)C(C)N(C)C(=O)OC(C)(C)C)C(=O)N3Cc4ccccc4CC3C(=O)N[C@@H]3CCCc4ccccc43)cc2)cc1. The van der Waals surface area contributed by atoms with Gasteiger partial charge in [-0.25, -0.2) is 9.59 Å². The van der Waals surface area contributed by atoms with Gasteiger partial charge < -0.3 is 29.7 Å². The topological polar surface area (TPSA) is 144 Å². The van der Waals surface area contributed by atoms with Crippen molar-refractivity contribution in [1.29, 1.82) is 0 Å². The fraction of sp³-hybridized carbons (Fsp3) is 0.383. The van der Waals surface area contributed by atoms with Crippen molar-refractivity contribution in [2.24, 2.45) is 0 Å². The largest absolute Gasteiger partial charge is 0.489 e. The van der Waals surface area contributed by atoms with Crippen molar-refractivity contribution in [3.63, 3.8) is 0 Å². The Bertz CT molecular complexity index is 2150. The number of carbonyl (C=O) groups is 5. The van der Waals surface area contributed by atoms with Crippen molar-refractivity contribution in [2.45, 2.75) is 103 Å². The van der Waals surface area contributed by atoms with Crippen LogP contribution in [0.2, 0.25) is 0 Å². The second kappa shape index (κ2) is 18.6. The second-order valence-electron chi connectivity index (χ2n) is 16.3. The monoisotopic (exact) mass is 802 g/mol. The van der Waals surface area contributed by atoms with Crippen LogP contribution in [0.3, 0.4) is 0 Å². The van der Waals surface area contributed by atoms with Gasteiger partial charge >= 0.3 is 12.1 Å². The van der Waals surface area contributed by atoms with Gasteiger partial charge in [-0.3, -0.25) is 19.3 Å². The van der Waals surface area contributed by atoms with E-state index in [4.69, 9.17) is 14.2 Å². The summed E-state index contributed by atoms with van der Waals surface area (Å²) in [6.45, 7) is 7.25. The van der Waals surface area contributed by atoms with Crippen LogP contribution in [-0.4, -0.2) is 77.5 Å². The fourth-order valence-corrected chi connectivity index (χ4v) is 7.50. The molecular formula is C47H54N4O8. The highest BCUT2D eigenvalue weighted by molar-refractivity contribution is 5.94. The van der Waals surface area contributed by atoms with E-state index in [0.29, 0.717) is 17.7 Å². The molecule has 1 aliphatic heterocycles. The van der Waals surface area contributed by atoms with Crippen LogP contribution in [0.1, 0.15) is 90.3 Å². The van der Waals surface area contributed by atoms with Gasteiger partial charge in [0.2, 0.25) is 17.7 Å². The molecule has 1 aliphatic carbocycles. The number of likely N-dealkylation sites (N-methyl/N-ethyl adjacent to an activating group) is 1. The van der Waals surface area contributed by atoms with E-state index in [1.807, 2.05) is 48.5 Å². The molecule has 4 amide bonds. The second-order valence-corrected chi connectivity index (χ2v) is 16.3. The number of hydrogen-bond donors (Lipinski definition) is 2. The van der Waals surface area contributed by atoms with Crippen molar-refractivity contribution in [3.8, 4) is 5.75 Å². The Hall–Kier alpha value is -6.17. The van der Waals surface area contributed by atoms with Crippen LogP contribution < -0.4 is 15.4 Å². The Morgan fingerprint density at radius 2 is 1.49 bits per heavy atom. The molecular weight excluding hydrogens is 749 g/mol. The summed E-state index contributed by atoms with van der Waals surface area (Å²) in [6.07, 6.45) is 2.43. The van der Waals surface area contributed by atoms with Gasteiger partial charge in [-0.15, -0.1) is 0 Å². The van der Waals surface area contributed by atoms with E-state index in [2.05, 4.69) is 22.8 Å². The minimum atomic E-state index is -1.09. The van der Waals surface area contributed by atoms with Crippen molar-refractivity contribution in [1.82, 2.24) is 20.4 Å². The van der Waals surface area contributed by atoms with Crippen LogP contribution >= 0.6 is 0 Å². The van der Waals surface area contributed by atoms with E-state index in [1.165, 1.54) is 24.6 Å². The number of esters is 1. The molecule has 0 radical (unpaired) electrons. The quantitative estimate of drug-likeness (QED) is 0.155. The minimum absolute atomic E-state index is 0.102. The molecule has 0 fully saturated rings. The van der Waals surface area contributed by atoms with E-state index < -0.39 is 47.6 Å². The molecule has 0 spiro atoms. The zero-order chi connectivity index (χ0) is 42.3. The molecule has 12 nitrogen and oxygen atoms in total. The van der Waals surface area contributed by atoms with Gasteiger partial charge in [0.15, 0.2) is 0 Å². The van der Waals surface area contributed by atoms with Gasteiger partial charge in [0.1, 0.15) is 36.1 Å². The lowest BCUT2D eigenvalue weighted by atomic mass is 9.87. The van der Waals surface area contributed by atoms with Crippen LogP contribution in [-0.2, 0) is 56.3 Å². The third-order valence-electron chi connectivity index (χ3n) is 10.9.